The molecule has 1 fully saturated rings. The maximum absolute atomic E-state index is 5.99. The summed E-state index contributed by atoms with van der Waals surface area (Å²) < 4.78 is 10.8. The van der Waals surface area contributed by atoms with Crippen LogP contribution in [0.2, 0.25) is 10.0 Å². The van der Waals surface area contributed by atoms with Crippen molar-refractivity contribution in [2.45, 2.75) is 25.4 Å². The zero-order valence-corrected chi connectivity index (χ0v) is 12.1. The van der Waals surface area contributed by atoms with Gasteiger partial charge in [-0.1, -0.05) is 28.4 Å². The molecule has 5 nitrogen and oxygen atoms in total. The lowest BCUT2D eigenvalue weighted by atomic mass is 10.2. The van der Waals surface area contributed by atoms with Crippen LogP contribution in [0.15, 0.2) is 16.7 Å². The Kier molecular flexibility index (Phi) is 3.83. The van der Waals surface area contributed by atoms with E-state index in [0.29, 0.717) is 39.4 Å². The number of nitrogens with two attached hydrogens (primary N) is 1. The molecule has 1 saturated heterocycles. The topological polar surface area (TPSA) is 74.2 Å². The largest absolute Gasteiger partial charge is 0.396 e. The van der Waals surface area contributed by atoms with Crippen LogP contribution in [0.25, 0.3) is 11.5 Å². The van der Waals surface area contributed by atoms with Crippen LogP contribution in [0.5, 0.6) is 0 Å². The van der Waals surface area contributed by atoms with Gasteiger partial charge in [0, 0.05) is 18.6 Å². The number of nitrogen functional groups attached to an aromatic ring is 1. The van der Waals surface area contributed by atoms with Crippen molar-refractivity contribution in [2.24, 2.45) is 0 Å². The van der Waals surface area contributed by atoms with Crippen LogP contribution in [0.1, 0.15) is 18.7 Å². The first-order valence-corrected chi connectivity index (χ1v) is 7.08. The molecule has 1 atom stereocenters. The molecule has 1 aromatic carbocycles. The molecule has 1 aromatic heterocycles. The smallest absolute Gasteiger partial charge is 0.258 e. The summed E-state index contributed by atoms with van der Waals surface area (Å²) in [5, 5.41) is 4.69. The van der Waals surface area contributed by atoms with Gasteiger partial charge in [0.05, 0.1) is 21.8 Å². The zero-order valence-electron chi connectivity index (χ0n) is 10.6. The van der Waals surface area contributed by atoms with Crippen molar-refractivity contribution in [2.75, 3.05) is 12.3 Å². The van der Waals surface area contributed by atoms with Gasteiger partial charge in [-0.25, -0.2) is 0 Å². The zero-order chi connectivity index (χ0) is 14.1. The molecule has 0 aliphatic carbocycles. The van der Waals surface area contributed by atoms with Crippen molar-refractivity contribution < 1.29 is 9.26 Å². The predicted octanol–water partition coefficient (Wildman–Crippen LogP) is 3.35. The third-order valence-corrected chi connectivity index (χ3v) is 3.85. The molecule has 3 rings (SSSR count). The highest BCUT2D eigenvalue weighted by Crippen LogP contribution is 2.33. The van der Waals surface area contributed by atoms with Crippen LogP contribution in [0.3, 0.4) is 0 Å². The standard InChI is InChI=1S/C13H13Cl2N3O2/c14-9-4-7(5-10(15)12(9)16)13-17-11(18-20-13)6-8-2-1-3-19-8/h4-5,8H,1-3,6,16H2. The molecule has 1 unspecified atom stereocenters. The minimum Gasteiger partial charge on any atom is -0.396 e. The average Bonchev–Trinajstić information content (AvgIpc) is 3.07. The van der Waals surface area contributed by atoms with Crippen LogP contribution >= 0.6 is 23.2 Å². The van der Waals surface area contributed by atoms with Gasteiger partial charge in [-0.15, -0.1) is 0 Å². The van der Waals surface area contributed by atoms with E-state index in [-0.39, 0.29) is 6.10 Å². The predicted molar refractivity (Wildman–Crippen MR) is 76.8 cm³/mol. The van der Waals surface area contributed by atoms with E-state index in [0.717, 1.165) is 19.4 Å². The second-order valence-corrected chi connectivity index (χ2v) is 5.52. The lowest BCUT2D eigenvalue weighted by molar-refractivity contribution is 0.109. The number of hydrogen-bond donors (Lipinski definition) is 1. The summed E-state index contributed by atoms with van der Waals surface area (Å²) in [6.07, 6.45) is 2.95. The number of benzene rings is 1. The van der Waals surface area contributed by atoms with Crippen molar-refractivity contribution in [3.8, 4) is 11.5 Å². The Bertz CT molecular complexity index is 601. The maximum Gasteiger partial charge on any atom is 0.258 e. The van der Waals surface area contributed by atoms with Gasteiger partial charge >= 0.3 is 0 Å². The molecule has 0 radical (unpaired) electrons. The van der Waals surface area contributed by atoms with Crippen LogP contribution in [-0.4, -0.2) is 22.9 Å². The number of halogens is 2. The second-order valence-electron chi connectivity index (χ2n) is 4.71. The first kappa shape index (κ1) is 13.7. The highest BCUT2D eigenvalue weighted by molar-refractivity contribution is 6.39. The van der Waals surface area contributed by atoms with Crippen LogP contribution in [0.4, 0.5) is 5.69 Å². The van der Waals surface area contributed by atoms with Crippen molar-refractivity contribution in [1.29, 1.82) is 0 Å². The lowest BCUT2D eigenvalue weighted by Gasteiger charge is -2.04. The molecule has 2 N–H and O–H groups in total. The minimum absolute atomic E-state index is 0.180. The summed E-state index contributed by atoms with van der Waals surface area (Å²) in [5.74, 6) is 0.998. The van der Waals surface area contributed by atoms with Gasteiger partial charge < -0.3 is 15.0 Å². The fourth-order valence-corrected chi connectivity index (χ4v) is 2.66. The van der Waals surface area contributed by atoms with E-state index in [9.17, 15) is 0 Å². The van der Waals surface area contributed by atoms with Crippen molar-refractivity contribution in [1.82, 2.24) is 10.1 Å². The van der Waals surface area contributed by atoms with Gasteiger partial charge in [0.2, 0.25) is 0 Å². The third-order valence-electron chi connectivity index (χ3n) is 3.23. The fourth-order valence-electron chi connectivity index (χ4n) is 2.17. The minimum atomic E-state index is 0.180. The van der Waals surface area contributed by atoms with Crippen LogP contribution < -0.4 is 5.73 Å². The van der Waals surface area contributed by atoms with Gasteiger partial charge in [-0.05, 0) is 25.0 Å². The van der Waals surface area contributed by atoms with Crippen LogP contribution in [0, 0.1) is 0 Å². The Morgan fingerprint density at radius 1 is 1.30 bits per heavy atom. The van der Waals surface area contributed by atoms with E-state index in [2.05, 4.69) is 10.1 Å². The van der Waals surface area contributed by atoms with Gasteiger partial charge in [-0.3, -0.25) is 0 Å². The molecular formula is C13H13Cl2N3O2. The first-order chi connectivity index (χ1) is 9.63. The van der Waals surface area contributed by atoms with E-state index in [4.69, 9.17) is 38.2 Å². The molecule has 0 spiro atoms. The van der Waals surface area contributed by atoms with Gasteiger partial charge in [0.25, 0.3) is 5.89 Å². The lowest BCUT2D eigenvalue weighted by Crippen LogP contribution is -2.09. The second kappa shape index (κ2) is 5.60. The molecule has 2 aromatic rings. The maximum atomic E-state index is 5.99. The number of nitrogens with zero attached hydrogens (tertiary/aromatic N) is 2. The van der Waals surface area contributed by atoms with Crippen molar-refractivity contribution >= 4 is 28.9 Å². The highest BCUT2D eigenvalue weighted by Gasteiger charge is 2.20. The monoisotopic (exact) mass is 313 g/mol. The molecule has 1 aliphatic rings. The Labute approximate surface area is 126 Å². The molecule has 2 heterocycles. The third kappa shape index (κ3) is 2.75. The summed E-state index contributed by atoms with van der Waals surface area (Å²) in [7, 11) is 0. The molecule has 1 aliphatic heterocycles. The normalized spacial score (nSPS) is 18.6. The van der Waals surface area contributed by atoms with Gasteiger partial charge in [0.15, 0.2) is 5.82 Å². The van der Waals surface area contributed by atoms with E-state index in [1.54, 1.807) is 12.1 Å². The Balaban J connectivity index is 1.82. The van der Waals surface area contributed by atoms with E-state index in [1.165, 1.54) is 0 Å². The summed E-state index contributed by atoms with van der Waals surface area (Å²) in [5.41, 5.74) is 6.69. The van der Waals surface area contributed by atoms with E-state index >= 15 is 0 Å². The molecule has 0 bridgehead atoms. The number of hydrogen-bond acceptors (Lipinski definition) is 5. The molecule has 7 heteroatoms. The molecular weight excluding hydrogens is 301 g/mol. The Morgan fingerprint density at radius 2 is 2.05 bits per heavy atom. The van der Waals surface area contributed by atoms with Crippen molar-refractivity contribution in [3.05, 3.63) is 28.0 Å². The van der Waals surface area contributed by atoms with Crippen LogP contribution in [-0.2, 0) is 11.2 Å². The first-order valence-electron chi connectivity index (χ1n) is 6.32. The Hall–Kier alpha value is -1.30. The van der Waals surface area contributed by atoms with Gasteiger partial charge in [-0.2, -0.15) is 4.98 Å². The van der Waals surface area contributed by atoms with E-state index in [1.807, 2.05) is 0 Å². The Morgan fingerprint density at radius 3 is 2.70 bits per heavy atom. The number of ether oxygens (including phenoxy) is 1. The molecule has 20 heavy (non-hydrogen) atoms. The number of rotatable bonds is 3. The summed E-state index contributed by atoms with van der Waals surface area (Å²) >= 11 is 12.0. The summed E-state index contributed by atoms with van der Waals surface area (Å²) in [6.45, 7) is 0.804. The summed E-state index contributed by atoms with van der Waals surface area (Å²) in [4.78, 5) is 4.34. The molecule has 0 saturated carbocycles. The summed E-state index contributed by atoms with van der Waals surface area (Å²) in [6, 6.07) is 3.32. The highest BCUT2D eigenvalue weighted by atomic mass is 35.5. The van der Waals surface area contributed by atoms with Gasteiger partial charge in [0.1, 0.15) is 0 Å². The number of aromatic nitrogens is 2. The van der Waals surface area contributed by atoms with Crippen molar-refractivity contribution in [3.63, 3.8) is 0 Å². The average molecular weight is 314 g/mol. The molecule has 0 amide bonds. The number of anilines is 1. The quantitative estimate of drug-likeness (QED) is 0.879. The SMILES string of the molecule is Nc1c(Cl)cc(-c2nc(CC3CCCO3)no2)cc1Cl. The fraction of sp³-hybridized carbons (Fsp3) is 0.385. The van der Waals surface area contributed by atoms with E-state index < -0.39 is 0 Å². The molecule has 106 valence electrons.